The van der Waals surface area contributed by atoms with Crippen molar-refractivity contribution >= 4 is 29.2 Å². The number of nitrogens with zero attached hydrogens (tertiary/aromatic N) is 3. The lowest BCUT2D eigenvalue weighted by atomic mass is 10.00. The first-order valence-electron chi connectivity index (χ1n) is 13.8. The minimum atomic E-state index is -0.168. The van der Waals surface area contributed by atoms with Gasteiger partial charge in [0.1, 0.15) is 0 Å². The highest BCUT2D eigenvalue weighted by molar-refractivity contribution is 6.35. The number of nitrogens with one attached hydrogen (secondary N) is 3. The van der Waals surface area contributed by atoms with E-state index in [2.05, 4.69) is 40.4 Å². The topological polar surface area (TPSA) is 95.1 Å². The molecule has 0 bridgehead atoms. The Morgan fingerprint density at radius 2 is 1.80 bits per heavy atom. The van der Waals surface area contributed by atoms with Gasteiger partial charge in [-0.1, -0.05) is 50.2 Å². The van der Waals surface area contributed by atoms with E-state index in [-0.39, 0.29) is 11.8 Å². The number of carbonyl (C=O) groups excluding carboxylic acids is 2. The van der Waals surface area contributed by atoms with Gasteiger partial charge in [-0.15, -0.1) is 0 Å². The molecule has 0 atom stereocenters. The number of anilines is 1. The fourth-order valence-corrected chi connectivity index (χ4v) is 5.34. The molecule has 3 heterocycles. The second-order valence-electron chi connectivity index (χ2n) is 10.1. The third kappa shape index (κ3) is 5.22. The second kappa shape index (κ2) is 11.4. The Labute approximate surface area is 235 Å². The Morgan fingerprint density at radius 3 is 2.52 bits per heavy atom. The summed E-state index contributed by atoms with van der Waals surface area (Å²) in [5.74, 6) is -0.272. The number of hydrogen-bond donors (Lipinski definition) is 3. The predicted molar refractivity (Wildman–Crippen MR) is 161 cm³/mol. The number of benzene rings is 2. The van der Waals surface area contributed by atoms with Crippen molar-refractivity contribution in [3.8, 4) is 22.5 Å². The van der Waals surface area contributed by atoms with E-state index in [1.807, 2.05) is 80.2 Å². The van der Waals surface area contributed by atoms with E-state index in [9.17, 15) is 9.59 Å². The predicted octanol–water partition coefficient (Wildman–Crippen LogP) is 5.26. The smallest absolute Gasteiger partial charge is 0.256 e. The van der Waals surface area contributed by atoms with Crippen molar-refractivity contribution in [3.63, 3.8) is 0 Å². The summed E-state index contributed by atoms with van der Waals surface area (Å²) in [4.78, 5) is 31.7. The van der Waals surface area contributed by atoms with E-state index in [4.69, 9.17) is 5.10 Å². The zero-order valence-corrected chi connectivity index (χ0v) is 23.8. The van der Waals surface area contributed by atoms with Crippen molar-refractivity contribution in [2.24, 2.45) is 7.05 Å². The molecule has 0 spiro atoms. The van der Waals surface area contributed by atoms with E-state index >= 15 is 0 Å². The van der Waals surface area contributed by atoms with Crippen LogP contribution in [0, 0.1) is 13.8 Å². The largest absolute Gasteiger partial charge is 0.358 e. The zero-order valence-electron chi connectivity index (χ0n) is 23.8. The third-order valence-electron chi connectivity index (χ3n) is 7.65. The summed E-state index contributed by atoms with van der Waals surface area (Å²) < 4.78 is 1.86. The standard InChI is InChI=1S/C32H36N6O2/c1-6-38(7-2)16-15-33-32(40)30-20(3)27(34-21(30)4)18-25-24-17-23(13-14-26(24)35-31(25)39)29-19-28(36-37(29)5)22-11-9-8-10-12-22/h8-14,17-19,34H,6-7,15-16H2,1-5H3,(H,33,40)(H,35,39)/b25-18-. The Bertz CT molecular complexity index is 1590. The lowest BCUT2D eigenvalue weighted by Crippen LogP contribution is -2.35. The van der Waals surface area contributed by atoms with Gasteiger partial charge in [-0.25, -0.2) is 0 Å². The summed E-state index contributed by atoms with van der Waals surface area (Å²) in [6.45, 7) is 11.3. The van der Waals surface area contributed by atoms with E-state index in [1.54, 1.807) is 0 Å². The number of amides is 2. The highest BCUT2D eigenvalue weighted by Crippen LogP contribution is 2.37. The van der Waals surface area contributed by atoms with E-state index < -0.39 is 0 Å². The Balaban J connectivity index is 1.43. The molecule has 206 valence electrons. The van der Waals surface area contributed by atoms with Crippen molar-refractivity contribution < 1.29 is 9.59 Å². The SMILES string of the molecule is CCN(CC)CCNC(=O)c1c(C)[nH]c(/C=C2\C(=O)Nc3ccc(-c4cc(-c5ccccc5)nn4C)cc32)c1C. The lowest BCUT2D eigenvalue weighted by molar-refractivity contribution is -0.110. The molecule has 40 heavy (non-hydrogen) atoms. The van der Waals surface area contributed by atoms with Gasteiger partial charge in [0.25, 0.3) is 11.8 Å². The molecule has 5 rings (SSSR count). The Hall–Kier alpha value is -4.43. The number of aromatic nitrogens is 3. The van der Waals surface area contributed by atoms with Crippen LogP contribution in [0.4, 0.5) is 5.69 Å². The molecular weight excluding hydrogens is 500 g/mol. The molecule has 4 aromatic rings. The molecule has 0 saturated carbocycles. The van der Waals surface area contributed by atoms with Gasteiger partial charge >= 0.3 is 0 Å². The molecule has 1 aliphatic heterocycles. The summed E-state index contributed by atoms with van der Waals surface area (Å²) >= 11 is 0. The zero-order chi connectivity index (χ0) is 28.4. The lowest BCUT2D eigenvalue weighted by Gasteiger charge is -2.18. The maximum absolute atomic E-state index is 13.0. The second-order valence-corrected chi connectivity index (χ2v) is 10.1. The summed E-state index contributed by atoms with van der Waals surface area (Å²) in [5.41, 5.74) is 8.98. The maximum atomic E-state index is 13.0. The Morgan fingerprint density at radius 1 is 1.05 bits per heavy atom. The number of fused-ring (bicyclic) bond motifs is 1. The molecule has 0 aliphatic carbocycles. The maximum Gasteiger partial charge on any atom is 0.256 e. The van der Waals surface area contributed by atoms with Gasteiger partial charge in [0.15, 0.2) is 0 Å². The molecule has 1 aliphatic rings. The van der Waals surface area contributed by atoms with Crippen LogP contribution in [0.1, 0.15) is 46.7 Å². The first-order valence-corrected chi connectivity index (χ1v) is 13.8. The number of hydrogen-bond acceptors (Lipinski definition) is 4. The van der Waals surface area contributed by atoms with Crippen LogP contribution in [0.2, 0.25) is 0 Å². The first kappa shape index (κ1) is 27.1. The van der Waals surface area contributed by atoms with Gasteiger partial charge in [0.2, 0.25) is 0 Å². The molecule has 8 nitrogen and oxygen atoms in total. The summed E-state index contributed by atoms with van der Waals surface area (Å²) in [7, 11) is 1.93. The average Bonchev–Trinajstić information content (AvgIpc) is 3.59. The fourth-order valence-electron chi connectivity index (χ4n) is 5.34. The monoisotopic (exact) mass is 536 g/mol. The van der Waals surface area contributed by atoms with Crippen molar-refractivity contribution in [2.45, 2.75) is 27.7 Å². The number of likely N-dealkylation sites (N-methyl/N-ethyl adjacent to an activating group) is 1. The minimum absolute atomic E-state index is 0.105. The van der Waals surface area contributed by atoms with E-state index in [1.165, 1.54) is 0 Å². The average molecular weight is 537 g/mol. The number of carbonyl (C=O) groups is 2. The summed E-state index contributed by atoms with van der Waals surface area (Å²) in [6, 6.07) is 18.1. The highest BCUT2D eigenvalue weighted by Gasteiger charge is 2.26. The third-order valence-corrected chi connectivity index (χ3v) is 7.65. The molecule has 0 unspecified atom stereocenters. The minimum Gasteiger partial charge on any atom is -0.358 e. The van der Waals surface area contributed by atoms with Gasteiger partial charge in [0, 0.05) is 53.9 Å². The van der Waals surface area contributed by atoms with Crippen LogP contribution in [0.25, 0.3) is 34.2 Å². The number of H-pyrrole nitrogens is 1. The molecule has 2 aromatic carbocycles. The quantitative estimate of drug-likeness (QED) is 0.254. The van der Waals surface area contributed by atoms with Crippen LogP contribution >= 0.6 is 0 Å². The van der Waals surface area contributed by atoms with Crippen molar-refractivity contribution in [3.05, 3.63) is 82.7 Å². The number of rotatable bonds is 9. The van der Waals surface area contributed by atoms with Crippen LogP contribution < -0.4 is 10.6 Å². The van der Waals surface area contributed by atoms with Gasteiger partial charge < -0.3 is 20.5 Å². The fraction of sp³-hybridized carbons (Fsp3) is 0.281. The molecule has 0 saturated heterocycles. The molecule has 0 radical (unpaired) electrons. The molecular formula is C32H36N6O2. The van der Waals surface area contributed by atoms with E-state index in [0.29, 0.717) is 17.7 Å². The number of aromatic amines is 1. The molecule has 2 amide bonds. The van der Waals surface area contributed by atoms with Crippen molar-refractivity contribution in [1.82, 2.24) is 25.0 Å². The number of aryl methyl sites for hydroxylation is 2. The Kier molecular flexibility index (Phi) is 7.71. The van der Waals surface area contributed by atoms with Gasteiger partial charge in [-0.2, -0.15) is 5.10 Å². The van der Waals surface area contributed by atoms with Crippen LogP contribution in [0.5, 0.6) is 0 Å². The van der Waals surface area contributed by atoms with Crippen LogP contribution in [-0.2, 0) is 11.8 Å². The molecule has 8 heteroatoms. The highest BCUT2D eigenvalue weighted by atomic mass is 16.2. The molecule has 3 N–H and O–H groups in total. The first-order chi connectivity index (χ1) is 19.3. The van der Waals surface area contributed by atoms with Crippen molar-refractivity contribution in [1.29, 1.82) is 0 Å². The normalized spacial score (nSPS) is 13.7. The van der Waals surface area contributed by atoms with Gasteiger partial charge in [-0.05, 0) is 56.8 Å². The van der Waals surface area contributed by atoms with E-state index in [0.717, 1.165) is 70.4 Å². The molecule has 0 fully saturated rings. The van der Waals surface area contributed by atoms with Crippen LogP contribution in [0.3, 0.4) is 0 Å². The van der Waals surface area contributed by atoms with Crippen LogP contribution in [-0.4, -0.2) is 57.7 Å². The summed E-state index contributed by atoms with van der Waals surface area (Å²) in [5, 5.41) is 10.7. The van der Waals surface area contributed by atoms with Gasteiger partial charge in [0.05, 0.1) is 22.5 Å². The van der Waals surface area contributed by atoms with Crippen LogP contribution in [0.15, 0.2) is 54.6 Å². The summed E-state index contributed by atoms with van der Waals surface area (Å²) in [6.07, 6.45) is 1.85. The van der Waals surface area contributed by atoms with Crippen molar-refractivity contribution in [2.75, 3.05) is 31.5 Å². The van der Waals surface area contributed by atoms with Gasteiger partial charge in [-0.3, -0.25) is 14.3 Å². The molecule has 2 aromatic heterocycles.